The van der Waals surface area contributed by atoms with Crippen molar-refractivity contribution in [2.24, 2.45) is 0 Å². The van der Waals surface area contributed by atoms with Crippen LogP contribution in [-0.4, -0.2) is 58.1 Å². The van der Waals surface area contributed by atoms with Crippen molar-refractivity contribution in [3.05, 3.63) is 46.5 Å². The van der Waals surface area contributed by atoms with Crippen molar-refractivity contribution < 1.29 is 14.3 Å². The van der Waals surface area contributed by atoms with Crippen molar-refractivity contribution in [3.8, 4) is 0 Å². The molecule has 0 spiro atoms. The largest absolute Gasteiger partial charge is 0.465 e. The lowest BCUT2D eigenvalue weighted by Crippen LogP contribution is -2.32. The molecular formula is C19H19N5O4S2. The van der Waals surface area contributed by atoms with Gasteiger partial charge in [0.05, 0.1) is 18.4 Å². The molecule has 0 saturated carbocycles. The number of carbonyl (C=O) groups excluding carboxylic acids is 2. The number of benzene rings is 1. The van der Waals surface area contributed by atoms with E-state index in [9.17, 15) is 14.4 Å². The molecule has 0 unspecified atom stereocenters. The first kappa shape index (κ1) is 20.4. The molecule has 3 heterocycles. The van der Waals surface area contributed by atoms with E-state index in [1.165, 1.54) is 29.3 Å². The second-order valence-electron chi connectivity index (χ2n) is 6.51. The van der Waals surface area contributed by atoms with Gasteiger partial charge in [0, 0.05) is 24.6 Å². The number of aromatic nitrogens is 3. The molecule has 30 heavy (non-hydrogen) atoms. The van der Waals surface area contributed by atoms with E-state index in [2.05, 4.69) is 20.2 Å². The van der Waals surface area contributed by atoms with Gasteiger partial charge in [0.25, 0.3) is 5.56 Å². The summed E-state index contributed by atoms with van der Waals surface area (Å²) in [6.07, 6.45) is 1.33. The molecule has 1 aliphatic rings. The number of esters is 1. The second-order valence-corrected chi connectivity index (χ2v) is 8.71. The van der Waals surface area contributed by atoms with Crippen LogP contribution in [0.15, 0.2) is 35.4 Å². The number of anilines is 2. The summed E-state index contributed by atoms with van der Waals surface area (Å²) in [4.78, 5) is 48.1. The number of ether oxygens (including phenoxy) is 1. The SMILES string of the molecule is COC(=O)c1ccccc1NC(=O)Cn1cnc2nc(N3CCSCC3)sc2c1=O. The Hall–Kier alpha value is -2.92. The number of para-hydroxylation sites is 1. The molecule has 0 radical (unpaired) electrons. The maximum Gasteiger partial charge on any atom is 0.339 e. The molecule has 156 valence electrons. The van der Waals surface area contributed by atoms with Crippen LogP contribution in [0, 0.1) is 0 Å². The topological polar surface area (TPSA) is 106 Å². The highest BCUT2D eigenvalue weighted by Gasteiger charge is 2.19. The number of thioether (sulfide) groups is 1. The van der Waals surface area contributed by atoms with Gasteiger partial charge in [0.15, 0.2) is 10.8 Å². The number of thiazole rings is 1. The van der Waals surface area contributed by atoms with E-state index >= 15 is 0 Å². The summed E-state index contributed by atoms with van der Waals surface area (Å²) in [7, 11) is 1.27. The van der Waals surface area contributed by atoms with E-state index in [0.29, 0.717) is 16.0 Å². The van der Waals surface area contributed by atoms with Crippen LogP contribution >= 0.6 is 23.1 Å². The number of hydrogen-bond donors (Lipinski definition) is 1. The molecular weight excluding hydrogens is 426 g/mol. The predicted octanol–water partition coefficient (Wildman–Crippen LogP) is 1.83. The minimum Gasteiger partial charge on any atom is -0.465 e. The highest BCUT2D eigenvalue weighted by atomic mass is 32.2. The molecule has 0 aliphatic carbocycles. The average molecular weight is 446 g/mol. The van der Waals surface area contributed by atoms with Crippen molar-refractivity contribution in [3.63, 3.8) is 0 Å². The molecule has 1 amide bonds. The number of fused-ring (bicyclic) bond motifs is 1. The maximum absolute atomic E-state index is 12.9. The molecule has 9 nitrogen and oxygen atoms in total. The number of carbonyl (C=O) groups is 2. The van der Waals surface area contributed by atoms with E-state index in [0.717, 1.165) is 29.7 Å². The second kappa shape index (κ2) is 8.84. The molecule has 2 aromatic heterocycles. The molecule has 0 bridgehead atoms. The van der Waals surface area contributed by atoms with Crippen molar-refractivity contribution in [1.82, 2.24) is 14.5 Å². The third-order valence-electron chi connectivity index (χ3n) is 4.57. The predicted molar refractivity (Wildman–Crippen MR) is 118 cm³/mol. The van der Waals surface area contributed by atoms with Gasteiger partial charge >= 0.3 is 5.97 Å². The number of amides is 1. The maximum atomic E-state index is 12.9. The van der Waals surface area contributed by atoms with Crippen LogP contribution in [0.25, 0.3) is 10.3 Å². The van der Waals surface area contributed by atoms with Gasteiger partial charge in [-0.2, -0.15) is 16.7 Å². The molecule has 1 N–H and O–H groups in total. The molecule has 1 aliphatic heterocycles. The zero-order valence-electron chi connectivity index (χ0n) is 16.2. The lowest BCUT2D eigenvalue weighted by atomic mass is 10.2. The fourth-order valence-corrected chi connectivity index (χ4v) is 4.99. The Morgan fingerprint density at radius 2 is 2.00 bits per heavy atom. The van der Waals surface area contributed by atoms with Gasteiger partial charge in [-0.1, -0.05) is 23.5 Å². The third kappa shape index (κ3) is 4.17. The Morgan fingerprint density at radius 3 is 2.77 bits per heavy atom. The van der Waals surface area contributed by atoms with Crippen molar-refractivity contribution in [2.75, 3.05) is 41.9 Å². The summed E-state index contributed by atoms with van der Waals surface area (Å²) in [5.74, 6) is 1.05. The Kier molecular flexibility index (Phi) is 6.00. The fourth-order valence-electron chi connectivity index (χ4n) is 3.06. The highest BCUT2D eigenvalue weighted by molar-refractivity contribution is 7.99. The van der Waals surface area contributed by atoms with Crippen LogP contribution in [0.5, 0.6) is 0 Å². The minimum atomic E-state index is -0.556. The van der Waals surface area contributed by atoms with Gasteiger partial charge in [-0.25, -0.2) is 9.78 Å². The minimum absolute atomic E-state index is 0.231. The van der Waals surface area contributed by atoms with Crippen molar-refractivity contribution >= 4 is 56.1 Å². The first-order valence-electron chi connectivity index (χ1n) is 9.22. The third-order valence-corrected chi connectivity index (χ3v) is 6.61. The summed E-state index contributed by atoms with van der Waals surface area (Å²) >= 11 is 3.20. The Labute approximate surface area is 180 Å². The number of hydrogen-bond acceptors (Lipinski definition) is 9. The van der Waals surface area contributed by atoms with Gasteiger partial charge in [0.2, 0.25) is 5.91 Å². The molecule has 0 atom stereocenters. The van der Waals surface area contributed by atoms with E-state index in [1.807, 2.05) is 11.8 Å². The lowest BCUT2D eigenvalue weighted by molar-refractivity contribution is -0.116. The van der Waals surface area contributed by atoms with Gasteiger partial charge in [0.1, 0.15) is 17.6 Å². The molecule has 11 heteroatoms. The number of nitrogens with zero attached hydrogens (tertiary/aromatic N) is 4. The fraction of sp³-hybridized carbons (Fsp3) is 0.316. The van der Waals surface area contributed by atoms with Crippen LogP contribution in [0.4, 0.5) is 10.8 Å². The first-order valence-corrected chi connectivity index (χ1v) is 11.2. The number of methoxy groups -OCH3 is 1. The zero-order chi connectivity index (χ0) is 21.1. The van der Waals surface area contributed by atoms with Crippen LogP contribution in [-0.2, 0) is 16.1 Å². The lowest BCUT2D eigenvalue weighted by Gasteiger charge is -2.25. The van der Waals surface area contributed by atoms with E-state index < -0.39 is 11.9 Å². The number of rotatable bonds is 5. The standard InChI is InChI=1S/C19H19N5O4S2/c1-28-18(27)12-4-2-3-5-13(12)21-14(25)10-24-11-20-16-15(17(24)26)30-19(22-16)23-6-8-29-9-7-23/h2-5,11H,6-10H2,1H3,(H,21,25). The number of nitrogens with one attached hydrogen (secondary N) is 1. The van der Waals surface area contributed by atoms with Crippen LogP contribution in [0.2, 0.25) is 0 Å². The van der Waals surface area contributed by atoms with Crippen molar-refractivity contribution in [2.45, 2.75) is 6.54 Å². The van der Waals surface area contributed by atoms with E-state index in [-0.39, 0.29) is 17.7 Å². The molecule has 1 fully saturated rings. The Bertz CT molecular complexity index is 1150. The first-order chi connectivity index (χ1) is 14.6. The molecule has 4 rings (SSSR count). The van der Waals surface area contributed by atoms with Crippen LogP contribution in [0.3, 0.4) is 0 Å². The summed E-state index contributed by atoms with van der Waals surface area (Å²) < 4.78 is 6.40. The summed E-state index contributed by atoms with van der Waals surface area (Å²) in [6.45, 7) is 1.55. The Balaban J connectivity index is 1.54. The Morgan fingerprint density at radius 1 is 1.23 bits per heavy atom. The van der Waals surface area contributed by atoms with Gasteiger partial charge in [-0.3, -0.25) is 14.2 Å². The van der Waals surface area contributed by atoms with Crippen molar-refractivity contribution in [1.29, 1.82) is 0 Å². The molecule has 3 aromatic rings. The normalized spacial score (nSPS) is 14.0. The molecule has 1 saturated heterocycles. The molecule has 1 aromatic carbocycles. The highest BCUT2D eigenvalue weighted by Crippen LogP contribution is 2.27. The summed E-state index contributed by atoms with van der Waals surface area (Å²) in [5, 5.41) is 3.44. The van der Waals surface area contributed by atoms with Gasteiger partial charge in [-0.15, -0.1) is 0 Å². The average Bonchev–Trinajstić information content (AvgIpc) is 3.21. The summed E-state index contributed by atoms with van der Waals surface area (Å²) in [5.41, 5.74) is 0.637. The van der Waals surface area contributed by atoms with Crippen LogP contribution < -0.4 is 15.8 Å². The van der Waals surface area contributed by atoms with Crippen LogP contribution in [0.1, 0.15) is 10.4 Å². The zero-order valence-corrected chi connectivity index (χ0v) is 17.8. The monoisotopic (exact) mass is 445 g/mol. The quantitative estimate of drug-likeness (QED) is 0.593. The van der Waals surface area contributed by atoms with E-state index in [1.54, 1.807) is 24.3 Å². The smallest absolute Gasteiger partial charge is 0.339 e. The van der Waals surface area contributed by atoms with Gasteiger partial charge in [-0.05, 0) is 12.1 Å². The van der Waals surface area contributed by atoms with E-state index in [4.69, 9.17) is 4.74 Å². The van der Waals surface area contributed by atoms with Gasteiger partial charge < -0.3 is 15.0 Å². The summed E-state index contributed by atoms with van der Waals surface area (Å²) in [6, 6.07) is 6.52.